The van der Waals surface area contributed by atoms with Gasteiger partial charge in [-0.15, -0.1) is 0 Å². The van der Waals surface area contributed by atoms with E-state index >= 15 is 0 Å². The van der Waals surface area contributed by atoms with E-state index in [-0.39, 0.29) is 17.3 Å². The van der Waals surface area contributed by atoms with Gasteiger partial charge in [-0.3, -0.25) is 9.10 Å². The van der Waals surface area contributed by atoms with E-state index in [9.17, 15) is 13.2 Å². The van der Waals surface area contributed by atoms with Gasteiger partial charge in [-0.2, -0.15) is 0 Å². The SMILES string of the molecule is CC(C)CCNC(=O)CN1c2cccc3cccc(c23)S1(=O)=O. The van der Waals surface area contributed by atoms with Crippen molar-refractivity contribution in [3.8, 4) is 0 Å². The highest BCUT2D eigenvalue weighted by atomic mass is 32.2. The summed E-state index contributed by atoms with van der Waals surface area (Å²) in [6, 6.07) is 10.6. The molecule has 0 aliphatic carbocycles. The van der Waals surface area contributed by atoms with E-state index in [1.807, 2.05) is 18.2 Å². The third-order valence-electron chi connectivity index (χ3n) is 4.01. The Bertz CT molecular complexity index is 854. The summed E-state index contributed by atoms with van der Waals surface area (Å²) in [7, 11) is -3.66. The van der Waals surface area contributed by atoms with E-state index in [1.54, 1.807) is 18.2 Å². The molecule has 1 aliphatic rings. The molecule has 0 radical (unpaired) electrons. The van der Waals surface area contributed by atoms with Crippen LogP contribution in [0.15, 0.2) is 41.3 Å². The van der Waals surface area contributed by atoms with Crippen molar-refractivity contribution in [2.24, 2.45) is 5.92 Å². The van der Waals surface area contributed by atoms with E-state index in [0.717, 1.165) is 11.8 Å². The van der Waals surface area contributed by atoms with Gasteiger partial charge in [-0.25, -0.2) is 8.42 Å². The lowest BCUT2D eigenvalue weighted by atomic mass is 10.1. The zero-order valence-electron chi connectivity index (χ0n) is 13.2. The predicted molar refractivity (Wildman–Crippen MR) is 90.9 cm³/mol. The number of amides is 1. The minimum absolute atomic E-state index is 0.186. The smallest absolute Gasteiger partial charge is 0.265 e. The van der Waals surface area contributed by atoms with Crippen LogP contribution in [0.2, 0.25) is 0 Å². The number of hydrogen-bond donors (Lipinski definition) is 1. The summed E-state index contributed by atoms with van der Waals surface area (Å²) < 4.78 is 26.7. The molecule has 0 unspecified atom stereocenters. The fourth-order valence-corrected chi connectivity index (χ4v) is 4.48. The van der Waals surface area contributed by atoms with Crippen LogP contribution in [0.5, 0.6) is 0 Å². The Kier molecular flexibility index (Phi) is 4.02. The molecule has 2 aromatic rings. The first-order chi connectivity index (χ1) is 10.9. The Morgan fingerprint density at radius 2 is 1.87 bits per heavy atom. The van der Waals surface area contributed by atoms with Crippen molar-refractivity contribution in [1.29, 1.82) is 0 Å². The minimum atomic E-state index is -3.66. The van der Waals surface area contributed by atoms with Gasteiger partial charge in [-0.05, 0) is 29.9 Å². The molecular weight excluding hydrogens is 312 g/mol. The number of nitrogens with one attached hydrogen (secondary N) is 1. The maximum atomic E-state index is 12.7. The second-order valence-electron chi connectivity index (χ2n) is 6.18. The molecule has 1 heterocycles. The first kappa shape index (κ1) is 15.8. The van der Waals surface area contributed by atoms with Crippen molar-refractivity contribution in [1.82, 2.24) is 5.32 Å². The summed E-state index contributed by atoms with van der Waals surface area (Å²) in [4.78, 5) is 12.4. The van der Waals surface area contributed by atoms with Crippen LogP contribution >= 0.6 is 0 Å². The zero-order valence-corrected chi connectivity index (χ0v) is 14.1. The Morgan fingerprint density at radius 3 is 2.57 bits per heavy atom. The van der Waals surface area contributed by atoms with Gasteiger partial charge in [0.25, 0.3) is 10.0 Å². The summed E-state index contributed by atoms with van der Waals surface area (Å²) in [6.07, 6.45) is 0.869. The number of benzene rings is 2. The summed E-state index contributed by atoms with van der Waals surface area (Å²) in [5.74, 6) is 0.211. The van der Waals surface area contributed by atoms with Gasteiger partial charge in [0, 0.05) is 11.9 Å². The molecule has 23 heavy (non-hydrogen) atoms. The largest absolute Gasteiger partial charge is 0.355 e. The van der Waals surface area contributed by atoms with Crippen molar-refractivity contribution in [2.75, 3.05) is 17.4 Å². The average Bonchev–Trinajstić information content (AvgIpc) is 2.71. The van der Waals surface area contributed by atoms with Gasteiger partial charge < -0.3 is 5.32 Å². The Morgan fingerprint density at radius 1 is 1.17 bits per heavy atom. The fourth-order valence-electron chi connectivity index (χ4n) is 2.82. The lowest BCUT2D eigenvalue weighted by molar-refractivity contribution is -0.119. The van der Waals surface area contributed by atoms with Gasteiger partial charge in [0.2, 0.25) is 5.91 Å². The predicted octanol–water partition coefficient (Wildman–Crippen LogP) is 2.51. The molecule has 0 atom stereocenters. The molecule has 0 saturated carbocycles. The van der Waals surface area contributed by atoms with Crippen LogP contribution in [-0.2, 0) is 14.8 Å². The van der Waals surface area contributed by atoms with Crippen molar-refractivity contribution in [2.45, 2.75) is 25.2 Å². The van der Waals surface area contributed by atoms with Crippen molar-refractivity contribution >= 4 is 32.4 Å². The molecule has 0 saturated heterocycles. The van der Waals surface area contributed by atoms with E-state index in [4.69, 9.17) is 0 Å². The Labute approximate surface area is 136 Å². The van der Waals surface area contributed by atoms with Crippen LogP contribution in [-0.4, -0.2) is 27.4 Å². The van der Waals surface area contributed by atoms with E-state index in [0.29, 0.717) is 23.5 Å². The van der Waals surface area contributed by atoms with Crippen LogP contribution in [0.4, 0.5) is 5.69 Å². The summed E-state index contributed by atoms with van der Waals surface area (Å²) >= 11 is 0. The maximum absolute atomic E-state index is 12.7. The van der Waals surface area contributed by atoms with Crippen LogP contribution in [0.25, 0.3) is 10.8 Å². The third-order valence-corrected chi connectivity index (χ3v) is 5.81. The average molecular weight is 332 g/mol. The highest BCUT2D eigenvalue weighted by Crippen LogP contribution is 2.41. The molecule has 0 fully saturated rings. The Balaban J connectivity index is 1.87. The highest BCUT2D eigenvalue weighted by molar-refractivity contribution is 7.93. The van der Waals surface area contributed by atoms with Gasteiger partial charge >= 0.3 is 0 Å². The summed E-state index contributed by atoms with van der Waals surface area (Å²) in [6.45, 7) is 4.53. The van der Waals surface area contributed by atoms with Gasteiger partial charge in [0.05, 0.1) is 10.6 Å². The molecule has 2 aromatic carbocycles. The molecule has 1 aliphatic heterocycles. The Hall–Kier alpha value is -2.08. The van der Waals surface area contributed by atoms with Gasteiger partial charge in [0.15, 0.2) is 0 Å². The number of nitrogens with zero attached hydrogens (tertiary/aromatic N) is 1. The van der Waals surface area contributed by atoms with E-state index in [2.05, 4.69) is 19.2 Å². The number of carbonyl (C=O) groups excluding carboxylic acids is 1. The monoisotopic (exact) mass is 332 g/mol. The molecule has 0 bridgehead atoms. The first-order valence-electron chi connectivity index (χ1n) is 7.72. The second-order valence-corrected chi connectivity index (χ2v) is 8.01. The lowest BCUT2D eigenvalue weighted by Crippen LogP contribution is -2.39. The zero-order chi connectivity index (χ0) is 16.6. The normalized spacial score (nSPS) is 15.3. The number of rotatable bonds is 5. The van der Waals surface area contributed by atoms with Crippen LogP contribution in [0, 0.1) is 5.92 Å². The summed E-state index contributed by atoms with van der Waals surface area (Å²) in [5.41, 5.74) is 0.581. The van der Waals surface area contributed by atoms with Crippen molar-refractivity contribution in [3.63, 3.8) is 0 Å². The fraction of sp³-hybridized carbons (Fsp3) is 0.353. The number of sulfonamides is 1. The first-order valence-corrected chi connectivity index (χ1v) is 9.16. The topological polar surface area (TPSA) is 66.5 Å². The van der Waals surface area contributed by atoms with Crippen molar-refractivity contribution < 1.29 is 13.2 Å². The van der Waals surface area contributed by atoms with E-state index < -0.39 is 10.0 Å². The van der Waals surface area contributed by atoms with E-state index in [1.165, 1.54) is 4.31 Å². The molecule has 5 nitrogen and oxygen atoms in total. The minimum Gasteiger partial charge on any atom is -0.355 e. The molecular formula is C17H20N2O3S. The highest BCUT2D eigenvalue weighted by Gasteiger charge is 2.36. The van der Waals surface area contributed by atoms with Gasteiger partial charge in [-0.1, -0.05) is 38.1 Å². The standard InChI is InChI=1S/C17H20N2O3S/c1-12(2)9-10-18-16(20)11-19-14-7-3-5-13-6-4-8-15(17(13)14)23(19,21)22/h3-8,12H,9-11H2,1-2H3,(H,18,20). The molecule has 6 heteroatoms. The third kappa shape index (κ3) is 2.79. The lowest BCUT2D eigenvalue weighted by Gasteiger charge is -2.18. The molecule has 0 spiro atoms. The number of hydrogen-bond acceptors (Lipinski definition) is 3. The maximum Gasteiger partial charge on any atom is 0.265 e. The second kappa shape index (κ2) is 5.85. The molecule has 1 amide bonds. The number of anilines is 1. The van der Waals surface area contributed by atoms with Crippen LogP contribution < -0.4 is 9.62 Å². The molecule has 0 aromatic heterocycles. The van der Waals surface area contributed by atoms with Crippen molar-refractivity contribution in [3.05, 3.63) is 36.4 Å². The molecule has 3 rings (SSSR count). The molecule has 1 N–H and O–H groups in total. The number of carbonyl (C=O) groups is 1. The van der Waals surface area contributed by atoms with Crippen LogP contribution in [0.3, 0.4) is 0 Å². The quantitative estimate of drug-likeness (QED) is 0.915. The summed E-state index contributed by atoms with van der Waals surface area (Å²) in [5, 5.41) is 4.36. The molecule has 122 valence electrons. The van der Waals surface area contributed by atoms with Crippen LogP contribution in [0.1, 0.15) is 20.3 Å². The van der Waals surface area contributed by atoms with Gasteiger partial charge in [0.1, 0.15) is 6.54 Å².